The van der Waals surface area contributed by atoms with E-state index in [-0.39, 0.29) is 6.04 Å². The van der Waals surface area contributed by atoms with Crippen LogP contribution in [-0.2, 0) is 0 Å². The predicted octanol–water partition coefficient (Wildman–Crippen LogP) is 4.61. The third kappa shape index (κ3) is 2.64. The highest BCUT2D eigenvalue weighted by molar-refractivity contribution is 6.32. The maximum atomic E-state index is 6.37. The van der Waals surface area contributed by atoms with Gasteiger partial charge in [0.15, 0.2) is 5.58 Å². The molecule has 3 aromatic heterocycles. The Morgan fingerprint density at radius 2 is 2.26 bits per heavy atom. The summed E-state index contributed by atoms with van der Waals surface area (Å²) in [5, 5.41) is 3.86. The molecule has 116 valence electrons. The van der Waals surface area contributed by atoms with E-state index in [4.69, 9.17) is 16.0 Å². The van der Waals surface area contributed by atoms with Crippen LogP contribution < -0.4 is 5.32 Å². The molecule has 1 atom stereocenters. The Morgan fingerprint density at radius 3 is 3.04 bits per heavy atom. The van der Waals surface area contributed by atoms with Gasteiger partial charge >= 0.3 is 0 Å². The van der Waals surface area contributed by atoms with Gasteiger partial charge in [-0.1, -0.05) is 24.3 Å². The van der Waals surface area contributed by atoms with Crippen LogP contribution in [0.5, 0.6) is 0 Å². The lowest BCUT2D eigenvalue weighted by Crippen LogP contribution is -2.11. The molecule has 3 aromatic rings. The van der Waals surface area contributed by atoms with Crippen molar-refractivity contribution in [1.29, 1.82) is 0 Å². The highest BCUT2D eigenvalue weighted by Gasteiger charge is 2.21. The number of aromatic nitrogens is 2. The van der Waals surface area contributed by atoms with E-state index in [1.165, 1.54) is 6.42 Å². The van der Waals surface area contributed by atoms with Crippen molar-refractivity contribution >= 4 is 28.8 Å². The summed E-state index contributed by atoms with van der Waals surface area (Å²) in [6.07, 6.45) is 5.77. The number of rotatable bonds is 3. The molecular weight excluding hydrogens is 310 g/mol. The first-order valence-corrected chi connectivity index (χ1v) is 8.04. The van der Waals surface area contributed by atoms with Crippen LogP contribution in [0.2, 0.25) is 5.15 Å². The Labute approximate surface area is 139 Å². The molecular formula is C18H16ClN3O. The topological polar surface area (TPSA) is 51.0 Å². The molecule has 0 spiro atoms. The largest absolute Gasteiger partial charge is 0.458 e. The molecule has 0 amide bonds. The Hall–Kier alpha value is -2.17. The summed E-state index contributed by atoms with van der Waals surface area (Å²) in [6.45, 7) is 4.81. The van der Waals surface area contributed by atoms with Gasteiger partial charge in [-0.05, 0) is 43.1 Å². The van der Waals surface area contributed by atoms with E-state index >= 15 is 0 Å². The number of halogens is 1. The van der Waals surface area contributed by atoms with Gasteiger partial charge in [0, 0.05) is 17.8 Å². The molecule has 0 saturated carbocycles. The molecule has 23 heavy (non-hydrogen) atoms. The van der Waals surface area contributed by atoms with Crippen LogP contribution in [0.3, 0.4) is 0 Å². The van der Waals surface area contributed by atoms with Crippen LogP contribution >= 0.6 is 11.6 Å². The number of fused-ring (bicyclic) bond motifs is 1. The van der Waals surface area contributed by atoms with Gasteiger partial charge in [-0.3, -0.25) is 4.98 Å². The van der Waals surface area contributed by atoms with E-state index in [1.54, 1.807) is 12.3 Å². The zero-order valence-electron chi connectivity index (χ0n) is 12.6. The van der Waals surface area contributed by atoms with Gasteiger partial charge in [0.25, 0.3) is 0 Å². The van der Waals surface area contributed by atoms with Crippen molar-refractivity contribution in [3.8, 4) is 11.3 Å². The second-order valence-corrected chi connectivity index (χ2v) is 6.04. The number of furan rings is 1. The summed E-state index contributed by atoms with van der Waals surface area (Å²) in [5.41, 5.74) is 4.03. The smallest absolute Gasteiger partial charge is 0.153 e. The highest BCUT2D eigenvalue weighted by Crippen LogP contribution is 2.33. The summed E-state index contributed by atoms with van der Waals surface area (Å²) in [7, 11) is 0. The van der Waals surface area contributed by atoms with Crippen molar-refractivity contribution in [3.63, 3.8) is 0 Å². The van der Waals surface area contributed by atoms with E-state index in [2.05, 4.69) is 21.9 Å². The average Bonchev–Trinajstić information content (AvgIpc) is 3.23. The lowest BCUT2D eigenvalue weighted by molar-refractivity contribution is 0.471. The van der Waals surface area contributed by atoms with Crippen LogP contribution in [0.4, 0.5) is 0 Å². The van der Waals surface area contributed by atoms with Gasteiger partial charge in [-0.25, -0.2) is 4.98 Å². The molecule has 0 radical (unpaired) electrons. The number of hydrogen-bond acceptors (Lipinski definition) is 4. The van der Waals surface area contributed by atoms with E-state index in [9.17, 15) is 0 Å². The van der Waals surface area contributed by atoms with Crippen LogP contribution in [-0.4, -0.2) is 16.5 Å². The van der Waals surface area contributed by atoms with Crippen LogP contribution in [0.25, 0.3) is 28.4 Å². The second-order valence-electron chi connectivity index (χ2n) is 5.69. The van der Waals surface area contributed by atoms with Crippen molar-refractivity contribution in [2.24, 2.45) is 0 Å². The first-order chi connectivity index (χ1) is 11.2. The number of nitrogens with one attached hydrogen (secondary N) is 1. The first-order valence-electron chi connectivity index (χ1n) is 7.67. The molecule has 1 aliphatic heterocycles. The number of nitrogens with zero attached hydrogens (tertiary/aromatic N) is 2. The van der Waals surface area contributed by atoms with E-state index in [0.29, 0.717) is 5.15 Å². The molecule has 1 fully saturated rings. The standard InChI is InChI=1S/C18H16ClN3O/c1-2-11-5-7-21-14(8-11)12-9-16-15(22-18(12)19)10-17(23-16)13-4-3-6-20-13/h2,5,7-10,13,20H,1,3-4,6H2/t13-/m1/s1. The fourth-order valence-corrected chi connectivity index (χ4v) is 3.20. The summed E-state index contributed by atoms with van der Waals surface area (Å²) >= 11 is 6.37. The van der Waals surface area contributed by atoms with Gasteiger partial charge < -0.3 is 9.73 Å². The van der Waals surface area contributed by atoms with Gasteiger partial charge in [0.05, 0.1) is 11.7 Å². The molecule has 0 bridgehead atoms. The summed E-state index contributed by atoms with van der Waals surface area (Å²) in [4.78, 5) is 8.86. The Morgan fingerprint density at radius 1 is 1.35 bits per heavy atom. The average molecular weight is 326 g/mol. The minimum atomic E-state index is 0.272. The maximum Gasteiger partial charge on any atom is 0.153 e. The Balaban J connectivity index is 1.80. The molecule has 1 N–H and O–H groups in total. The number of hydrogen-bond donors (Lipinski definition) is 1. The quantitative estimate of drug-likeness (QED) is 0.714. The molecule has 0 aliphatic carbocycles. The lowest BCUT2D eigenvalue weighted by atomic mass is 10.1. The molecule has 4 rings (SSSR count). The monoisotopic (exact) mass is 325 g/mol. The van der Waals surface area contributed by atoms with Gasteiger partial charge in [-0.2, -0.15) is 0 Å². The second kappa shape index (κ2) is 5.80. The van der Waals surface area contributed by atoms with Gasteiger partial charge in [-0.15, -0.1) is 0 Å². The summed E-state index contributed by atoms with van der Waals surface area (Å²) in [5.74, 6) is 0.922. The zero-order valence-corrected chi connectivity index (χ0v) is 13.3. The molecule has 1 aliphatic rings. The minimum absolute atomic E-state index is 0.272. The van der Waals surface area contributed by atoms with E-state index < -0.39 is 0 Å². The van der Waals surface area contributed by atoms with E-state index in [0.717, 1.165) is 46.6 Å². The lowest BCUT2D eigenvalue weighted by Gasteiger charge is -2.05. The van der Waals surface area contributed by atoms with Crippen molar-refractivity contribution in [1.82, 2.24) is 15.3 Å². The SMILES string of the molecule is C=Cc1ccnc(-c2cc3oc([C@H]4CCCN4)cc3nc2Cl)c1. The van der Waals surface area contributed by atoms with Crippen molar-refractivity contribution < 1.29 is 4.42 Å². The third-order valence-corrected chi connectivity index (χ3v) is 4.46. The molecule has 4 nitrogen and oxygen atoms in total. The Bertz CT molecular complexity index is 881. The van der Waals surface area contributed by atoms with Crippen molar-refractivity contribution in [2.45, 2.75) is 18.9 Å². The fourth-order valence-electron chi connectivity index (χ4n) is 2.96. The zero-order chi connectivity index (χ0) is 15.8. The number of pyridine rings is 2. The van der Waals surface area contributed by atoms with Crippen molar-refractivity contribution in [2.75, 3.05) is 6.54 Å². The van der Waals surface area contributed by atoms with Crippen LogP contribution in [0.15, 0.2) is 41.5 Å². The predicted molar refractivity (Wildman–Crippen MR) is 92.3 cm³/mol. The van der Waals surface area contributed by atoms with Gasteiger partial charge in [0.1, 0.15) is 16.4 Å². The van der Waals surface area contributed by atoms with Crippen LogP contribution in [0.1, 0.15) is 30.2 Å². The summed E-state index contributed by atoms with van der Waals surface area (Å²) < 4.78 is 5.99. The van der Waals surface area contributed by atoms with E-state index in [1.807, 2.05) is 24.3 Å². The summed E-state index contributed by atoms with van der Waals surface area (Å²) in [6, 6.07) is 7.99. The maximum absolute atomic E-state index is 6.37. The molecule has 5 heteroatoms. The Kier molecular flexibility index (Phi) is 3.63. The molecule has 0 unspecified atom stereocenters. The minimum Gasteiger partial charge on any atom is -0.458 e. The molecule has 4 heterocycles. The molecule has 1 saturated heterocycles. The van der Waals surface area contributed by atoms with Crippen molar-refractivity contribution in [3.05, 3.63) is 53.5 Å². The van der Waals surface area contributed by atoms with Crippen LogP contribution in [0, 0.1) is 0 Å². The molecule has 0 aromatic carbocycles. The van der Waals surface area contributed by atoms with Gasteiger partial charge in [0.2, 0.25) is 0 Å². The highest BCUT2D eigenvalue weighted by atomic mass is 35.5. The normalized spacial score (nSPS) is 17.7. The fraction of sp³-hybridized carbons (Fsp3) is 0.222. The first kappa shape index (κ1) is 14.4. The third-order valence-electron chi connectivity index (χ3n) is 4.17.